The number of halogens is 1. The van der Waals surface area contributed by atoms with Crippen LogP contribution in [0.5, 0.6) is 0 Å². The van der Waals surface area contributed by atoms with E-state index in [4.69, 9.17) is 0 Å². The van der Waals surface area contributed by atoms with Crippen LogP contribution in [0.2, 0.25) is 0 Å². The number of nitrogens with one attached hydrogen (secondary N) is 1. The van der Waals surface area contributed by atoms with E-state index < -0.39 is 0 Å². The summed E-state index contributed by atoms with van der Waals surface area (Å²) in [7, 11) is 0. The van der Waals surface area contributed by atoms with Crippen LogP contribution in [0.4, 0.5) is 0 Å². The Morgan fingerprint density at radius 3 is 2.60 bits per heavy atom. The van der Waals surface area contributed by atoms with E-state index in [-0.39, 0.29) is 0 Å². The minimum atomic E-state index is 0.291. The highest BCUT2D eigenvalue weighted by Crippen LogP contribution is 2.19. The SMILES string of the molecule is CC(NCc1cncc(Br)c1)C(C)(C)C. The maximum Gasteiger partial charge on any atom is 0.0410 e. The molecule has 2 nitrogen and oxygen atoms in total. The summed E-state index contributed by atoms with van der Waals surface area (Å²) in [5.41, 5.74) is 1.50. The van der Waals surface area contributed by atoms with E-state index >= 15 is 0 Å². The van der Waals surface area contributed by atoms with Gasteiger partial charge in [-0.15, -0.1) is 0 Å². The number of nitrogens with zero attached hydrogens (tertiary/aromatic N) is 1. The lowest BCUT2D eigenvalue weighted by Gasteiger charge is -2.28. The highest BCUT2D eigenvalue weighted by molar-refractivity contribution is 9.10. The number of rotatable bonds is 3. The van der Waals surface area contributed by atoms with Crippen LogP contribution in [-0.2, 0) is 6.54 Å². The molecular weight excluding hydrogens is 252 g/mol. The van der Waals surface area contributed by atoms with Gasteiger partial charge in [-0.2, -0.15) is 0 Å². The Bertz CT molecular complexity index is 318. The third kappa shape index (κ3) is 4.31. The summed E-state index contributed by atoms with van der Waals surface area (Å²) in [6, 6.07) is 2.58. The fourth-order valence-corrected chi connectivity index (χ4v) is 1.54. The first-order valence-corrected chi connectivity index (χ1v) is 6.01. The van der Waals surface area contributed by atoms with Crippen LogP contribution in [0.1, 0.15) is 33.3 Å². The van der Waals surface area contributed by atoms with Crippen molar-refractivity contribution < 1.29 is 0 Å². The van der Waals surface area contributed by atoms with Crippen molar-refractivity contribution in [3.8, 4) is 0 Å². The molecule has 1 heterocycles. The van der Waals surface area contributed by atoms with Crippen molar-refractivity contribution in [1.82, 2.24) is 10.3 Å². The molecule has 1 rings (SSSR count). The van der Waals surface area contributed by atoms with Gasteiger partial charge in [-0.05, 0) is 39.9 Å². The Morgan fingerprint density at radius 1 is 1.40 bits per heavy atom. The minimum Gasteiger partial charge on any atom is -0.310 e. The molecule has 1 unspecified atom stereocenters. The zero-order valence-electron chi connectivity index (χ0n) is 9.84. The van der Waals surface area contributed by atoms with Gasteiger partial charge in [0.1, 0.15) is 0 Å². The maximum absolute atomic E-state index is 4.14. The molecule has 0 radical (unpaired) electrons. The molecule has 0 spiro atoms. The number of hydrogen-bond donors (Lipinski definition) is 1. The van der Waals surface area contributed by atoms with E-state index in [1.54, 1.807) is 6.20 Å². The molecule has 84 valence electrons. The molecule has 15 heavy (non-hydrogen) atoms. The molecule has 0 amide bonds. The van der Waals surface area contributed by atoms with Crippen molar-refractivity contribution in [2.45, 2.75) is 40.3 Å². The summed E-state index contributed by atoms with van der Waals surface area (Å²) in [6.45, 7) is 9.80. The normalized spacial score (nSPS) is 13.9. The second kappa shape index (κ2) is 5.08. The van der Waals surface area contributed by atoms with Crippen molar-refractivity contribution in [1.29, 1.82) is 0 Å². The predicted octanol–water partition coefficient (Wildman–Crippen LogP) is 3.37. The quantitative estimate of drug-likeness (QED) is 0.911. The van der Waals surface area contributed by atoms with Gasteiger partial charge in [0.05, 0.1) is 0 Å². The zero-order chi connectivity index (χ0) is 11.5. The first-order chi connectivity index (χ1) is 6.89. The lowest BCUT2D eigenvalue weighted by molar-refractivity contribution is 0.285. The van der Waals surface area contributed by atoms with Crippen LogP contribution in [0.15, 0.2) is 22.9 Å². The third-order valence-electron chi connectivity index (χ3n) is 2.67. The highest BCUT2D eigenvalue weighted by atomic mass is 79.9. The molecule has 0 aliphatic rings. The topological polar surface area (TPSA) is 24.9 Å². The van der Waals surface area contributed by atoms with Crippen molar-refractivity contribution in [2.75, 3.05) is 0 Å². The molecule has 0 aromatic carbocycles. The lowest BCUT2D eigenvalue weighted by Crippen LogP contribution is -2.37. The molecule has 1 aromatic heterocycles. The van der Waals surface area contributed by atoms with E-state index in [9.17, 15) is 0 Å². The number of aromatic nitrogens is 1. The van der Waals surface area contributed by atoms with Crippen LogP contribution in [0, 0.1) is 5.41 Å². The average Bonchev–Trinajstić information content (AvgIpc) is 2.12. The van der Waals surface area contributed by atoms with Gasteiger partial charge in [0.25, 0.3) is 0 Å². The van der Waals surface area contributed by atoms with Crippen molar-refractivity contribution in [2.24, 2.45) is 5.41 Å². The van der Waals surface area contributed by atoms with Gasteiger partial charge in [0.2, 0.25) is 0 Å². The Labute approximate surface area is 101 Å². The Balaban J connectivity index is 2.51. The largest absolute Gasteiger partial charge is 0.310 e. The molecule has 3 heteroatoms. The summed E-state index contributed by atoms with van der Waals surface area (Å²) in [5.74, 6) is 0. The first kappa shape index (κ1) is 12.7. The zero-order valence-corrected chi connectivity index (χ0v) is 11.4. The fraction of sp³-hybridized carbons (Fsp3) is 0.583. The van der Waals surface area contributed by atoms with Crippen molar-refractivity contribution in [3.05, 3.63) is 28.5 Å². The van der Waals surface area contributed by atoms with Gasteiger partial charge in [-0.1, -0.05) is 20.8 Å². The number of hydrogen-bond acceptors (Lipinski definition) is 2. The minimum absolute atomic E-state index is 0.291. The Hall–Kier alpha value is -0.410. The van der Waals surface area contributed by atoms with Gasteiger partial charge < -0.3 is 5.32 Å². The molecule has 0 saturated carbocycles. The molecule has 0 aliphatic heterocycles. The molecule has 1 N–H and O–H groups in total. The van der Waals surface area contributed by atoms with Crippen LogP contribution in [0.3, 0.4) is 0 Å². The van der Waals surface area contributed by atoms with Gasteiger partial charge in [0, 0.05) is 29.5 Å². The Kier molecular flexibility index (Phi) is 4.29. The van der Waals surface area contributed by atoms with E-state index in [1.807, 2.05) is 6.20 Å². The van der Waals surface area contributed by atoms with Crippen LogP contribution < -0.4 is 5.32 Å². The second-order valence-corrected chi connectivity index (χ2v) is 5.90. The summed E-state index contributed by atoms with van der Waals surface area (Å²) in [6.07, 6.45) is 3.70. The molecule has 0 bridgehead atoms. The van der Waals surface area contributed by atoms with E-state index in [2.05, 4.69) is 60.0 Å². The highest BCUT2D eigenvalue weighted by Gasteiger charge is 2.18. The van der Waals surface area contributed by atoms with E-state index in [0.29, 0.717) is 11.5 Å². The van der Waals surface area contributed by atoms with E-state index in [1.165, 1.54) is 5.56 Å². The summed E-state index contributed by atoms with van der Waals surface area (Å²) >= 11 is 3.42. The summed E-state index contributed by atoms with van der Waals surface area (Å²) < 4.78 is 1.03. The van der Waals surface area contributed by atoms with Crippen LogP contribution >= 0.6 is 15.9 Å². The van der Waals surface area contributed by atoms with Gasteiger partial charge in [-0.3, -0.25) is 4.98 Å². The van der Waals surface area contributed by atoms with Crippen LogP contribution in [-0.4, -0.2) is 11.0 Å². The molecule has 0 saturated heterocycles. The monoisotopic (exact) mass is 270 g/mol. The molecule has 0 fully saturated rings. The fourth-order valence-electron chi connectivity index (χ4n) is 1.13. The predicted molar refractivity (Wildman–Crippen MR) is 67.7 cm³/mol. The molecule has 0 aliphatic carbocycles. The summed E-state index contributed by atoms with van der Waals surface area (Å²) in [5, 5.41) is 3.51. The molecule has 1 atom stereocenters. The van der Waals surface area contributed by atoms with Crippen LogP contribution in [0.25, 0.3) is 0 Å². The van der Waals surface area contributed by atoms with E-state index in [0.717, 1.165) is 11.0 Å². The van der Waals surface area contributed by atoms with Gasteiger partial charge in [0.15, 0.2) is 0 Å². The molecular formula is C12H19BrN2. The standard InChI is InChI=1S/C12H19BrN2/c1-9(12(2,3)4)15-7-10-5-11(13)8-14-6-10/h5-6,8-9,15H,7H2,1-4H3. The summed E-state index contributed by atoms with van der Waals surface area (Å²) in [4.78, 5) is 4.14. The number of pyridine rings is 1. The Morgan fingerprint density at radius 2 is 2.07 bits per heavy atom. The first-order valence-electron chi connectivity index (χ1n) is 5.22. The van der Waals surface area contributed by atoms with Crippen molar-refractivity contribution in [3.63, 3.8) is 0 Å². The maximum atomic E-state index is 4.14. The second-order valence-electron chi connectivity index (χ2n) is 4.98. The molecule has 1 aromatic rings. The third-order valence-corrected chi connectivity index (χ3v) is 3.11. The van der Waals surface area contributed by atoms with Gasteiger partial charge in [-0.25, -0.2) is 0 Å². The smallest absolute Gasteiger partial charge is 0.0410 e. The average molecular weight is 271 g/mol. The lowest BCUT2D eigenvalue weighted by atomic mass is 9.88. The van der Waals surface area contributed by atoms with Gasteiger partial charge >= 0.3 is 0 Å². The van der Waals surface area contributed by atoms with Crippen molar-refractivity contribution >= 4 is 15.9 Å².